The van der Waals surface area contributed by atoms with Crippen molar-refractivity contribution in [2.45, 2.75) is 6.42 Å². The van der Waals surface area contributed by atoms with Crippen LogP contribution in [0.5, 0.6) is 0 Å². The van der Waals surface area contributed by atoms with E-state index in [0.717, 1.165) is 29.7 Å². The second-order valence-corrected chi connectivity index (χ2v) is 4.80. The van der Waals surface area contributed by atoms with Gasteiger partial charge >= 0.3 is 0 Å². The molecule has 0 amide bonds. The summed E-state index contributed by atoms with van der Waals surface area (Å²) in [5.41, 5.74) is 1.59. The highest BCUT2D eigenvalue weighted by Gasteiger charge is 2.01. The van der Waals surface area contributed by atoms with Crippen molar-refractivity contribution in [3.63, 3.8) is 0 Å². The summed E-state index contributed by atoms with van der Waals surface area (Å²) in [6.07, 6.45) is 1.06. The van der Waals surface area contributed by atoms with E-state index in [1.807, 2.05) is 18.2 Å². The Morgan fingerprint density at radius 1 is 1.44 bits per heavy atom. The molecule has 0 saturated carbocycles. The third-order valence-corrected chi connectivity index (χ3v) is 2.69. The maximum Gasteiger partial charge on any atom is 0.101 e. The highest BCUT2D eigenvalue weighted by molar-refractivity contribution is 9.10. The molecular formula is C12H16BrN3. The smallest absolute Gasteiger partial charge is 0.101 e. The highest BCUT2D eigenvalue weighted by atomic mass is 79.9. The van der Waals surface area contributed by atoms with E-state index in [4.69, 9.17) is 5.26 Å². The van der Waals surface area contributed by atoms with Crippen LogP contribution in [0.2, 0.25) is 0 Å². The minimum Gasteiger partial charge on any atom is -0.384 e. The van der Waals surface area contributed by atoms with Crippen molar-refractivity contribution >= 4 is 21.6 Å². The number of rotatable bonds is 5. The lowest BCUT2D eigenvalue weighted by Crippen LogP contribution is -2.16. The van der Waals surface area contributed by atoms with Crippen LogP contribution in [-0.4, -0.2) is 32.1 Å². The van der Waals surface area contributed by atoms with E-state index in [-0.39, 0.29) is 0 Å². The molecule has 0 radical (unpaired) electrons. The molecule has 0 aliphatic rings. The molecular weight excluding hydrogens is 266 g/mol. The summed E-state index contributed by atoms with van der Waals surface area (Å²) in [7, 11) is 4.11. The van der Waals surface area contributed by atoms with Crippen molar-refractivity contribution in [1.29, 1.82) is 5.26 Å². The van der Waals surface area contributed by atoms with Crippen LogP contribution in [0.15, 0.2) is 22.7 Å². The molecule has 0 bridgehead atoms. The van der Waals surface area contributed by atoms with Gasteiger partial charge in [0.15, 0.2) is 0 Å². The fourth-order valence-corrected chi connectivity index (χ4v) is 1.74. The Bertz CT molecular complexity index is 382. The summed E-state index contributed by atoms with van der Waals surface area (Å²) in [4.78, 5) is 2.15. The molecule has 1 aromatic rings. The van der Waals surface area contributed by atoms with Crippen LogP contribution in [-0.2, 0) is 0 Å². The lowest BCUT2D eigenvalue weighted by atomic mass is 10.2. The molecule has 4 heteroatoms. The molecule has 0 heterocycles. The zero-order valence-corrected chi connectivity index (χ0v) is 11.2. The maximum absolute atomic E-state index is 8.97. The molecule has 0 aliphatic heterocycles. The van der Waals surface area contributed by atoms with Crippen molar-refractivity contribution in [3.05, 3.63) is 28.2 Å². The molecule has 86 valence electrons. The summed E-state index contributed by atoms with van der Waals surface area (Å²) in [5, 5.41) is 12.2. The number of nitrogens with one attached hydrogen (secondary N) is 1. The Balaban J connectivity index is 2.51. The van der Waals surface area contributed by atoms with Gasteiger partial charge in [0.25, 0.3) is 0 Å². The fraction of sp³-hybridized carbons (Fsp3) is 0.417. The summed E-state index contributed by atoms with van der Waals surface area (Å²) >= 11 is 3.35. The SMILES string of the molecule is CN(C)CCCNc1ccc(Br)cc1C#N. The van der Waals surface area contributed by atoms with E-state index in [2.05, 4.69) is 46.3 Å². The van der Waals surface area contributed by atoms with Crippen molar-refractivity contribution in [2.75, 3.05) is 32.5 Å². The van der Waals surface area contributed by atoms with Gasteiger partial charge in [0, 0.05) is 11.0 Å². The molecule has 1 N–H and O–H groups in total. The number of benzene rings is 1. The minimum absolute atomic E-state index is 0.680. The fourth-order valence-electron chi connectivity index (χ4n) is 1.38. The van der Waals surface area contributed by atoms with Crippen molar-refractivity contribution in [3.8, 4) is 6.07 Å². The van der Waals surface area contributed by atoms with Crippen LogP contribution in [0.3, 0.4) is 0 Å². The maximum atomic E-state index is 8.97. The first-order valence-corrected chi connectivity index (χ1v) is 6.01. The van der Waals surface area contributed by atoms with Gasteiger partial charge in [0.1, 0.15) is 6.07 Å². The minimum atomic E-state index is 0.680. The second-order valence-electron chi connectivity index (χ2n) is 3.89. The van der Waals surface area contributed by atoms with E-state index in [1.165, 1.54) is 0 Å². The molecule has 0 saturated heterocycles. The first kappa shape index (κ1) is 13.0. The van der Waals surface area contributed by atoms with Gasteiger partial charge in [-0.05, 0) is 45.3 Å². The lowest BCUT2D eigenvalue weighted by molar-refractivity contribution is 0.405. The molecule has 0 atom stereocenters. The van der Waals surface area contributed by atoms with Gasteiger partial charge in [-0.25, -0.2) is 0 Å². The second kappa shape index (κ2) is 6.51. The van der Waals surface area contributed by atoms with E-state index >= 15 is 0 Å². The monoisotopic (exact) mass is 281 g/mol. The van der Waals surface area contributed by atoms with Gasteiger partial charge in [-0.15, -0.1) is 0 Å². The van der Waals surface area contributed by atoms with Crippen LogP contribution in [0.4, 0.5) is 5.69 Å². The summed E-state index contributed by atoms with van der Waals surface area (Å²) in [6, 6.07) is 7.88. The van der Waals surface area contributed by atoms with E-state index in [9.17, 15) is 0 Å². The molecule has 0 aliphatic carbocycles. The van der Waals surface area contributed by atoms with Crippen LogP contribution in [0.1, 0.15) is 12.0 Å². The van der Waals surface area contributed by atoms with E-state index in [1.54, 1.807) is 0 Å². The summed E-state index contributed by atoms with van der Waals surface area (Å²) in [6.45, 7) is 1.93. The normalized spacial score (nSPS) is 10.2. The van der Waals surface area contributed by atoms with Crippen molar-refractivity contribution in [2.24, 2.45) is 0 Å². The number of hydrogen-bond donors (Lipinski definition) is 1. The molecule has 0 aromatic heterocycles. The Morgan fingerprint density at radius 3 is 2.81 bits per heavy atom. The Labute approximate surface area is 105 Å². The molecule has 0 spiro atoms. The van der Waals surface area contributed by atoms with Gasteiger partial charge < -0.3 is 10.2 Å². The topological polar surface area (TPSA) is 39.1 Å². The summed E-state index contributed by atoms with van der Waals surface area (Å²) in [5.74, 6) is 0. The largest absolute Gasteiger partial charge is 0.384 e. The average molecular weight is 282 g/mol. The standard InChI is InChI=1S/C12H16BrN3/c1-16(2)7-3-6-15-12-5-4-11(13)8-10(12)9-14/h4-5,8,15H,3,6-7H2,1-2H3. The van der Waals surface area contributed by atoms with Crippen LogP contribution in [0, 0.1) is 11.3 Å². The predicted octanol–water partition coefficient (Wildman–Crippen LogP) is 2.68. The van der Waals surface area contributed by atoms with Gasteiger partial charge in [0.2, 0.25) is 0 Å². The predicted molar refractivity (Wildman–Crippen MR) is 70.5 cm³/mol. The van der Waals surface area contributed by atoms with Crippen LogP contribution in [0.25, 0.3) is 0 Å². The molecule has 0 unspecified atom stereocenters. The molecule has 16 heavy (non-hydrogen) atoms. The van der Waals surface area contributed by atoms with E-state index < -0.39 is 0 Å². The third kappa shape index (κ3) is 4.21. The number of anilines is 1. The number of nitriles is 1. The third-order valence-electron chi connectivity index (χ3n) is 2.20. The van der Waals surface area contributed by atoms with Gasteiger partial charge in [-0.2, -0.15) is 5.26 Å². The first-order chi connectivity index (χ1) is 7.63. The van der Waals surface area contributed by atoms with Crippen molar-refractivity contribution in [1.82, 2.24) is 4.90 Å². The molecule has 1 rings (SSSR count). The number of halogens is 1. The van der Waals surface area contributed by atoms with Crippen LogP contribution >= 0.6 is 15.9 Å². The quantitative estimate of drug-likeness (QED) is 0.844. The van der Waals surface area contributed by atoms with Gasteiger partial charge in [-0.3, -0.25) is 0 Å². The molecule has 0 fully saturated rings. The van der Waals surface area contributed by atoms with Gasteiger partial charge in [-0.1, -0.05) is 15.9 Å². The van der Waals surface area contributed by atoms with Crippen molar-refractivity contribution < 1.29 is 0 Å². The molecule has 3 nitrogen and oxygen atoms in total. The zero-order chi connectivity index (χ0) is 12.0. The Hall–Kier alpha value is -1.05. The number of nitrogens with zero attached hydrogens (tertiary/aromatic N) is 2. The number of hydrogen-bond acceptors (Lipinski definition) is 3. The average Bonchev–Trinajstić information content (AvgIpc) is 2.25. The lowest BCUT2D eigenvalue weighted by Gasteiger charge is -2.11. The Morgan fingerprint density at radius 2 is 2.19 bits per heavy atom. The molecule has 1 aromatic carbocycles. The zero-order valence-electron chi connectivity index (χ0n) is 9.63. The Kier molecular flexibility index (Phi) is 5.30. The van der Waals surface area contributed by atoms with Gasteiger partial charge in [0.05, 0.1) is 11.3 Å². The van der Waals surface area contributed by atoms with E-state index in [0.29, 0.717) is 5.56 Å². The highest BCUT2D eigenvalue weighted by Crippen LogP contribution is 2.20. The summed E-state index contributed by atoms with van der Waals surface area (Å²) < 4.78 is 0.933. The van der Waals surface area contributed by atoms with Crippen LogP contribution < -0.4 is 5.32 Å². The first-order valence-electron chi connectivity index (χ1n) is 5.21.